The lowest BCUT2D eigenvalue weighted by molar-refractivity contribution is -0.384. The summed E-state index contributed by atoms with van der Waals surface area (Å²) in [4.78, 5) is 10.9. The van der Waals surface area contributed by atoms with Gasteiger partial charge in [-0.25, -0.2) is 13.1 Å². The normalized spacial score (nSPS) is 14.0. The Morgan fingerprint density at radius 2 is 1.89 bits per heavy atom. The first-order valence-corrected chi connectivity index (χ1v) is 12.6. The number of sulfonamides is 1. The molecule has 3 N–H and O–H groups in total. The third kappa shape index (κ3) is 4.96. The van der Waals surface area contributed by atoms with Crippen LogP contribution in [0.1, 0.15) is 30.5 Å². The van der Waals surface area contributed by atoms with Crippen molar-refractivity contribution in [2.24, 2.45) is 0 Å². The summed E-state index contributed by atoms with van der Waals surface area (Å²) in [6.45, 7) is 1.19. The molecule has 0 unspecified atom stereocenters. The number of anilines is 2. The molecule has 0 atom stereocenters. The molecule has 1 aliphatic rings. The van der Waals surface area contributed by atoms with Gasteiger partial charge in [0.25, 0.3) is 5.69 Å². The van der Waals surface area contributed by atoms with E-state index in [4.69, 9.17) is 5.73 Å². The Kier molecular flexibility index (Phi) is 6.99. The molecule has 35 heavy (non-hydrogen) atoms. The second-order valence-corrected chi connectivity index (χ2v) is 10.1. The van der Waals surface area contributed by atoms with E-state index in [9.17, 15) is 23.8 Å². The number of hydrogen-bond acceptors (Lipinski definition) is 8. The average Bonchev–Trinajstić information content (AvgIpc) is 3.51. The van der Waals surface area contributed by atoms with E-state index in [-0.39, 0.29) is 22.1 Å². The van der Waals surface area contributed by atoms with Crippen LogP contribution in [0.15, 0.2) is 53.4 Å². The number of para-hydroxylation sites is 1. The maximum Gasteiger partial charge on any atom is 0.293 e. The van der Waals surface area contributed by atoms with E-state index < -0.39 is 14.9 Å². The Hall–Kier alpha value is -3.95. The Labute approximate surface area is 203 Å². The molecule has 0 spiro atoms. The maximum absolute atomic E-state index is 12.8. The minimum atomic E-state index is -3.76. The fourth-order valence-corrected chi connectivity index (χ4v) is 5.61. The number of aryl methyl sites for hydroxylation is 1. The van der Waals surface area contributed by atoms with Gasteiger partial charge in [-0.05, 0) is 49.9 Å². The predicted octanol–water partition coefficient (Wildman–Crippen LogP) is 3.06. The maximum atomic E-state index is 12.8. The molecule has 4 rings (SSSR count). The standard InChI is InChI=1S/C23H25N7O4S/c24-16-19-20(27-29(23(19)25)17-7-2-1-3-8-17)9-6-12-26-21-11-10-18(15-22(21)30(31)32)35(33,34)28-13-4-5-14-28/h1-3,7-8,10-11,15,26H,4-6,9,12-14,25H2. The molecule has 11 nitrogen and oxygen atoms in total. The van der Waals surface area contributed by atoms with Gasteiger partial charge in [0.05, 0.1) is 21.2 Å². The van der Waals surface area contributed by atoms with Gasteiger partial charge in [-0.2, -0.15) is 14.7 Å². The van der Waals surface area contributed by atoms with Gasteiger partial charge in [-0.15, -0.1) is 0 Å². The summed E-state index contributed by atoms with van der Waals surface area (Å²) in [5.74, 6) is 0.257. The molecule has 1 aliphatic heterocycles. The molecule has 2 heterocycles. The quantitative estimate of drug-likeness (QED) is 0.260. The van der Waals surface area contributed by atoms with Crippen LogP contribution in [0.4, 0.5) is 17.2 Å². The van der Waals surface area contributed by atoms with Crippen molar-refractivity contribution < 1.29 is 13.3 Å². The monoisotopic (exact) mass is 495 g/mol. The number of nitrogens with one attached hydrogen (secondary N) is 1. The van der Waals surface area contributed by atoms with Crippen LogP contribution in [0.2, 0.25) is 0 Å². The van der Waals surface area contributed by atoms with E-state index in [1.165, 1.54) is 21.1 Å². The molecule has 1 fully saturated rings. The van der Waals surface area contributed by atoms with Gasteiger partial charge in [0, 0.05) is 25.7 Å². The van der Waals surface area contributed by atoms with Gasteiger partial charge in [0.1, 0.15) is 23.1 Å². The minimum absolute atomic E-state index is 0.0859. The van der Waals surface area contributed by atoms with Crippen LogP contribution in [0.25, 0.3) is 5.69 Å². The summed E-state index contributed by atoms with van der Waals surface area (Å²) in [5.41, 5.74) is 7.63. The first-order chi connectivity index (χ1) is 16.8. The zero-order valence-corrected chi connectivity index (χ0v) is 19.7. The number of nitrogens with zero attached hydrogens (tertiary/aromatic N) is 5. The highest BCUT2D eigenvalue weighted by Gasteiger charge is 2.29. The van der Waals surface area contributed by atoms with Crippen LogP contribution in [0.5, 0.6) is 0 Å². The number of nitriles is 1. The molecule has 0 aliphatic carbocycles. The highest BCUT2D eigenvalue weighted by molar-refractivity contribution is 7.89. The van der Waals surface area contributed by atoms with Crippen LogP contribution >= 0.6 is 0 Å². The summed E-state index contributed by atoms with van der Waals surface area (Å²) in [6.07, 6.45) is 2.51. The van der Waals surface area contributed by atoms with E-state index in [1.54, 1.807) is 0 Å². The van der Waals surface area contributed by atoms with E-state index >= 15 is 0 Å². The first kappa shape index (κ1) is 24.2. The molecule has 12 heteroatoms. The topological polar surface area (TPSA) is 160 Å². The minimum Gasteiger partial charge on any atom is -0.382 e. The van der Waals surface area contributed by atoms with Crippen LogP contribution in [0.3, 0.4) is 0 Å². The predicted molar refractivity (Wildman–Crippen MR) is 131 cm³/mol. The van der Waals surface area contributed by atoms with E-state index in [2.05, 4.69) is 16.5 Å². The number of rotatable bonds is 9. The summed E-state index contributed by atoms with van der Waals surface area (Å²) >= 11 is 0. The Morgan fingerprint density at radius 1 is 1.17 bits per heavy atom. The highest BCUT2D eigenvalue weighted by atomic mass is 32.2. The van der Waals surface area contributed by atoms with Gasteiger partial charge in [0.15, 0.2) is 0 Å². The number of nitro benzene ring substituents is 1. The Morgan fingerprint density at radius 3 is 2.54 bits per heavy atom. The molecular formula is C23H25N7O4S. The van der Waals surface area contributed by atoms with Crippen LogP contribution in [0, 0.1) is 21.4 Å². The number of aromatic nitrogens is 2. The second kappa shape index (κ2) is 10.1. The smallest absolute Gasteiger partial charge is 0.293 e. The second-order valence-electron chi connectivity index (χ2n) is 8.14. The highest BCUT2D eigenvalue weighted by Crippen LogP contribution is 2.30. The fraction of sp³-hybridized carbons (Fsp3) is 0.304. The lowest BCUT2D eigenvalue weighted by atomic mass is 10.1. The van der Waals surface area contributed by atoms with Crippen molar-refractivity contribution in [3.05, 3.63) is 69.9 Å². The molecule has 0 bridgehead atoms. The number of nitrogen functional groups attached to an aromatic ring is 1. The molecule has 0 amide bonds. The Balaban J connectivity index is 1.45. The zero-order valence-electron chi connectivity index (χ0n) is 18.9. The largest absolute Gasteiger partial charge is 0.382 e. The van der Waals surface area contributed by atoms with Gasteiger partial charge in [-0.3, -0.25) is 10.1 Å². The van der Waals surface area contributed by atoms with Gasteiger partial charge < -0.3 is 11.1 Å². The van der Waals surface area contributed by atoms with Crippen LogP contribution in [-0.2, 0) is 16.4 Å². The molecule has 0 saturated carbocycles. The number of benzene rings is 2. The van der Waals surface area contributed by atoms with Crippen molar-refractivity contribution in [3.8, 4) is 11.8 Å². The van der Waals surface area contributed by atoms with Crippen molar-refractivity contribution in [1.29, 1.82) is 5.26 Å². The van der Waals surface area contributed by atoms with Crippen LogP contribution < -0.4 is 11.1 Å². The fourth-order valence-electron chi connectivity index (χ4n) is 4.07. The number of nitrogens with two attached hydrogens (primary N) is 1. The van der Waals surface area contributed by atoms with Gasteiger partial charge in [0.2, 0.25) is 10.0 Å². The van der Waals surface area contributed by atoms with Crippen molar-refractivity contribution >= 4 is 27.2 Å². The van der Waals surface area contributed by atoms with Crippen LogP contribution in [-0.4, -0.2) is 47.1 Å². The molecular weight excluding hydrogens is 470 g/mol. The summed E-state index contributed by atoms with van der Waals surface area (Å²) in [7, 11) is -3.76. The van der Waals surface area contributed by atoms with Crippen molar-refractivity contribution in [2.45, 2.75) is 30.6 Å². The van der Waals surface area contributed by atoms with E-state index in [0.29, 0.717) is 43.7 Å². The summed E-state index contributed by atoms with van der Waals surface area (Å²) < 4.78 is 28.4. The van der Waals surface area contributed by atoms with Crippen molar-refractivity contribution in [2.75, 3.05) is 30.7 Å². The number of hydrogen-bond donors (Lipinski definition) is 2. The van der Waals surface area contributed by atoms with Crippen molar-refractivity contribution in [3.63, 3.8) is 0 Å². The molecule has 2 aromatic carbocycles. The molecule has 1 saturated heterocycles. The van der Waals surface area contributed by atoms with Gasteiger partial charge in [-0.1, -0.05) is 18.2 Å². The summed E-state index contributed by atoms with van der Waals surface area (Å²) in [5, 5.41) is 28.6. The van der Waals surface area contributed by atoms with E-state index in [1.807, 2.05) is 30.3 Å². The summed E-state index contributed by atoms with van der Waals surface area (Å²) in [6, 6.07) is 15.2. The first-order valence-electron chi connectivity index (χ1n) is 11.2. The lowest BCUT2D eigenvalue weighted by Crippen LogP contribution is -2.27. The molecule has 3 aromatic rings. The lowest BCUT2D eigenvalue weighted by Gasteiger charge is -2.16. The third-order valence-electron chi connectivity index (χ3n) is 5.88. The Bertz CT molecular complexity index is 1370. The number of nitro groups is 1. The van der Waals surface area contributed by atoms with Crippen molar-refractivity contribution in [1.82, 2.24) is 14.1 Å². The zero-order chi connectivity index (χ0) is 25.0. The van der Waals surface area contributed by atoms with E-state index in [0.717, 1.165) is 24.6 Å². The molecule has 182 valence electrons. The molecule has 0 radical (unpaired) electrons. The average molecular weight is 496 g/mol. The third-order valence-corrected chi connectivity index (χ3v) is 7.78. The van der Waals surface area contributed by atoms with Gasteiger partial charge >= 0.3 is 0 Å². The molecule has 1 aromatic heterocycles. The SMILES string of the molecule is N#Cc1c(CCCNc2ccc(S(=O)(=O)N3CCCC3)cc2[N+](=O)[O-])nn(-c2ccccc2)c1N.